The van der Waals surface area contributed by atoms with Crippen LogP contribution in [0.3, 0.4) is 0 Å². The molecule has 7 nitrogen and oxygen atoms in total. The summed E-state index contributed by atoms with van der Waals surface area (Å²) in [5.74, 6) is -1.52. The molecule has 1 aromatic heterocycles. The van der Waals surface area contributed by atoms with Gasteiger partial charge >= 0.3 is 0 Å². The summed E-state index contributed by atoms with van der Waals surface area (Å²) in [6, 6.07) is 25.2. The molecule has 3 N–H and O–H groups in total. The average molecular weight is 526 g/mol. The molecule has 0 saturated heterocycles. The van der Waals surface area contributed by atoms with E-state index >= 15 is 0 Å². The van der Waals surface area contributed by atoms with Crippen LogP contribution in [0.1, 0.15) is 47.8 Å². The number of aryl methyl sites for hydroxylation is 1. The lowest BCUT2D eigenvalue weighted by molar-refractivity contribution is -0.130. The number of para-hydroxylation sites is 2. The molecule has 4 aromatic rings. The number of benzene rings is 3. The first-order valence-electron chi connectivity index (χ1n) is 13.2. The molecule has 7 heteroatoms. The number of aliphatic hydroxyl groups is 1. The second-order valence-electron chi connectivity index (χ2n) is 9.90. The summed E-state index contributed by atoms with van der Waals surface area (Å²) in [5, 5.41) is 14.3. The number of Topliss-reactive ketones (excluding diaryl/α,β-unsaturated/α-hetero) is 1. The Labute approximate surface area is 228 Å². The Bertz CT molecular complexity index is 1450. The van der Waals surface area contributed by atoms with Crippen LogP contribution < -0.4 is 10.2 Å². The number of likely N-dealkylation sites (N-methyl/N-ethyl adjacent to an activating group) is 1. The van der Waals surface area contributed by atoms with Gasteiger partial charge in [-0.05, 0) is 49.9 Å². The Hall–Kier alpha value is -4.23. The lowest BCUT2D eigenvalue weighted by Crippen LogP contribution is -2.64. The first kappa shape index (κ1) is 27.8. The number of nitrogens with zero attached hydrogens (tertiary/aromatic N) is 1. The lowest BCUT2D eigenvalue weighted by Gasteiger charge is -2.36. The summed E-state index contributed by atoms with van der Waals surface area (Å²) >= 11 is 0. The fraction of sp³-hybridized carbons (Fsp3) is 0.281. The number of hydrogen-bond acceptors (Lipinski definition) is 4. The highest BCUT2D eigenvalue weighted by atomic mass is 16.3. The largest absolute Gasteiger partial charge is 0.393 e. The molecule has 0 saturated carbocycles. The molecule has 0 aliphatic rings. The average Bonchev–Trinajstić information content (AvgIpc) is 3.29. The zero-order valence-electron chi connectivity index (χ0n) is 22.6. The summed E-state index contributed by atoms with van der Waals surface area (Å²) in [4.78, 5) is 46.9. The quantitative estimate of drug-likeness (QED) is 0.190. The maximum atomic E-state index is 14.3. The molecule has 2 unspecified atom stereocenters. The highest BCUT2D eigenvalue weighted by molar-refractivity contribution is 6.23. The monoisotopic (exact) mass is 525 g/mol. The van der Waals surface area contributed by atoms with Crippen molar-refractivity contribution in [2.24, 2.45) is 0 Å². The van der Waals surface area contributed by atoms with Crippen LogP contribution in [0.4, 0.5) is 5.69 Å². The molecule has 0 aliphatic heterocycles. The Balaban J connectivity index is 1.78. The number of anilines is 1. The van der Waals surface area contributed by atoms with E-state index in [2.05, 4.69) is 10.3 Å². The Morgan fingerprint density at radius 2 is 1.56 bits per heavy atom. The van der Waals surface area contributed by atoms with Crippen molar-refractivity contribution in [3.8, 4) is 0 Å². The van der Waals surface area contributed by atoms with E-state index in [-0.39, 0.29) is 19.3 Å². The summed E-state index contributed by atoms with van der Waals surface area (Å²) in [5.41, 5.74) is 1.55. The second kappa shape index (κ2) is 12.1. The van der Waals surface area contributed by atoms with E-state index in [9.17, 15) is 19.5 Å². The zero-order valence-corrected chi connectivity index (χ0v) is 22.6. The SMILES string of the molecule is CCC(O)CCC(NC(=O)Cc1c(C)[nH]c2ccccc12)(C(=O)c1ccccc1)C(=O)N(C)c1ccccc1. The van der Waals surface area contributed by atoms with Gasteiger partial charge in [-0.25, -0.2) is 0 Å². The number of aliphatic hydroxyl groups excluding tert-OH is 1. The van der Waals surface area contributed by atoms with Gasteiger partial charge in [-0.1, -0.05) is 73.7 Å². The summed E-state index contributed by atoms with van der Waals surface area (Å²) in [7, 11) is 1.59. The van der Waals surface area contributed by atoms with Gasteiger partial charge in [0.25, 0.3) is 5.91 Å². The molecule has 0 aliphatic carbocycles. The minimum absolute atomic E-state index is 0.0155. The first-order valence-corrected chi connectivity index (χ1v) is 13.2. The molecule has 39 heavy (non-hydrogen) atoms. The molecule has 2 amide bonds. The molecule has 0 spiro atoms. The number of rotatable bonds is 11. The first-order chi connectivity index (χ1) is 18.8. The van der Waals surface area contributed by atoms with Crippen LogP contribution in [-0.4, -0.2) is 46.4 Å². The van der Waals surface area contributed by atoms with E-state index < -0.39 is 29.2 Å². The third kappa shape index (κ3) is 5.94. The predicted octanol–water partition coefficient (Wildman–Crippen LogP) is 4.97. The predicted molar refractivity (Wildman–Crippen MR) is 154 cm³/mol. The molecule has 3 aromatic carbocycles. The van der Waals surface area contributed by atoms with E-state index in [1.54, 1.807) is 61.6 Å². The molecule has 4 rings (SSSR count). The number of hydrogen-bond donors (Lipinski definition) is 3. The molecule has 202 valence electrons. The topological polar surface area (TPSA) is 102 Å². The van der Waals surface area contributed by atoms with Crippen LogP contribution in [0.25, 0.3) is 10.9 Å². The molecule has 0 radical (unpaired) electrons. The van der Waals surface area contributed by atoms with Gasteiger partial charge in [-0.3, -0.25) is 14.4 Å². The number of carbonyl (C=O) groups excluding carboxylic acids is 3. The van der Waals surface area contributed by atoms with Gasteiger partial charge in [0.05, 0.1) is 12.5 Å². The molecule has 0 bridgehead atoms. The van der Waals surface area contributed by atoms with Gasteiger partial charge in [0, 0.05) is 34.9 Å². The van der Waals surface area contributed by atoms with Crippen molar-refractivity contribution in [2.75, 3.05) is 11.9 Å². The minimum atomic E-state index is -1.92. The van der Waals surface area contributed by atoms with Crippen molar-refractivity contribution in [2.45, 2.75) is 51.2 Å². The van der Waals surface area contributed by atoms with Crippen LogP contribution in [0.2, 0.25) is 0 Å². The van der Waals surface area contributed by atoms with Gasteiger partial charge in [-0.15, -0.1) is 0 Å². The van der Waals surface area contributed by atoms with Crippen molar-refractivity contribution >= 4 is 34.2 Å². The van der Waals surface area contributed by atoms with Crippen molar-refractivity contribution in [3.05, 3.63) is 102 Å². The van der Waals surface area contributed by atoms with Gasteiger partial charge in [0.1, 0.15) is 0 Å². The fourth-order valence-electron chi connectivity index (χ4n) is 4.97. The lowest BCUT2D eigenvalue weighted by atomic mass is 9.81. The van der Waals surface area contributed by atoms with Crippen molar-refractivity contribution in [1.29, 1.82) is 0 Å². The minimum Gasteiger partial charge on any atom is -0.393 e. The zero-order chi connectivity index (χ0) is 28.0. The Kier molecular flexibility index (Phi) is 8.62. The van der Waals surface area contributed by atoms with Crippen LogP contribution in [0.15, 0.2) is 84.9 Å². The summed E-state index contributed by atoms with van der Waals surface area (Å²) in [6.45, 7) is 3.73. The number of aromatic nitrogens is 1. The normalized spacial score (nSPS) is 13.4. The summed E-state index contributed by atoms with van der Waals surface area (Å²) < 4.78 is 0. The standard InChI is InChI=1S/C32H35N3O4/c1-4-25(36)19-20-32(30(38)23-13-7-5-8-14-23,31(39)35(3)24-15-9-6-10-16-24)34-29(37)21-27-22(2)33-28-18-12-11-17-26(27)28/h5-18,25,33,36H,4,19-21H2,1-3H3,(H,34,37). The third-order valence-corrected chi connectivity index (χ3v) is 7.28. The van der Waals surface area contributed by atoms with Crippen molar-refractivity contribution < 1.29 is 19.5 Å². The van der Waals surface area contributed by atoms with Gasteiger partial charge in [0.15, 0.2) is 11.3 Å². The second-order valence-corrected chi connectivity index (χ2v) is 9.90. The molecule has 1 heterocycles. The molecule has 0 fully saturated rings. The third-order valence-electron chi connectivity index (χ3n) is 7.28. The number of fused-ring (bicyclic) bond motifs is 1. The molecule has 2 atom stereocenters. The number of aromatic amines is 1. The number of amides is 2. The highest BCUT2D eigenvalue weighted by Crippen LogP contribution is 2.28. The van der Waals surface area contributed by atoms with E-state index in [4.69, 9.17) is 0 Å². The molecular formula is C32H35N3O4. The van der Waals surface area contributed by atoms with Gasteiger partial charge in [0.2, 0.25) is 5.91 Å². The van der Waals surface area contributed by atoms with Crippen LogP contribution >= 0.6 is 0 Å². The van der Waals surface area contributed by atoms with Crippen molar-refractivity contribution in [3.63, 3.8) is 0 Å². The van der Waals surface area contributed by atoms with E-state index in [0.29, 0.717) is 17.7 Å². The summed E-state index contributed by atoms with van der Waals surface area (Å²) in [6.07, 6.45) is -0.171. The number of ketones is 1. The molecular weight excluding hydrogens is 490 g/mol. The van der Waals surface area contributed by atoms with E-state index in [0.717, 1.165) is 22.2 Å². The number of nitrogens with one attached hydrogen (secondary N) is 2. The van der Waals surface area contributed by atoms with Gasteiger partial charge < -0.3 is 20.3 Å². The Morgan fingerprint density at radius 1 is 0.949 bits per heavy atom. The van der Waals surface area contributed by atoms with E-state index in [1.807, 2.05) is 44.2 Å². The highest BCUT2D eigenvalue weighted by Gasteiger charge is 2.49. The fourth-order valence-corrected chi connectivity index (χ4v) is 4.97. The Morgan fingerprint density at radius 3 is 2.23 bits per heavy atom. The van der Waals surface area contributed by atoms with Crippen LogP contribution in [0, 0.1) is 6.92 Å². The van der Waals surface area contributed by atoms with Crippen LogP contribution in [-0.2, 0) is 16.0 Å². The van der Waals surface area contributed by atoms with Gasteiger partial charge in [-0.2, -0.15) is 0 Å². The maximum absolute atomic E-state index is 14.3. The smallest absolute Gasteiger partial charge is 0.260 e. The van der Waals surface area contributed by atoms with Crippen LogP contribution in [0.5, 0.6) is 0 Å². The number of carbonyl (C=O) groups is 3. The van der Waals surface area contributed by atoms with E-state index in [1.165, 1.54) is 4.90 Å². The number of H-pyrrole nitrogens is 1. The van der Waals surface area contributed by atoms with Crippen molar-refractivity contribution in [1.82, 2.24) is 10.3 Å². The maximum Gasteiger partial charge on any atom is 0.260 e.